The van der Waals surface area contributed by atoms with Gasteiger partial charge in [-0.05, 0) is 43.6 Å². The minimum Gasteiger partial charge on any atom is -0.391 e. The summed E-state index contributed by atoms with van der Waals surface area (Å²) in [7, 11) is 0. The maximum Gasteiger partial charge on any atom is 0.143 e. The van der Waals surface area contributed by atoms with E-state index in [1.807, 2.05) is 24.3 Å². The summed E-state index contributed by atoms with van der Waals surface area (Å²) >= 11 is 3.45. The lowest BCUT2D eigenvalue weighted by atomic mass is 9.86. The molecule has 3 aliphatic rings. The molecule has 18 heavy (non-hydrogen) atoms. The molecule has 0 radical (unpaired) electrons. The fraction of sp³-hybridized carbons (Fsp3) is 0.500. The van der Waals surface area contributed by atoms with E-state index < -0.39 is 0 Å². The van der Waals surface area contributed by atoms with Gasteiger partial charge in [0.05, 0.1) is 6.21 Å². The fourth-order valence-corrected chi connectivity index (χ4v) is 3.20. The quantitative estimate of drug-likeness (QED) is 0.633. The van der Waals surface area contributed by atoms with Crippen LogP contribution in [-0.2, 0) is 4.84 Å². The largest absolute Gasteiger partial charge is 0.391 e. The van der Waals surface area contributed by atoms with Crippen LogP contribution in [0.5, 0.6) is 0 Å². The van der Waals surface area contributed by atoms with Crippen molar-refractivity contribution >= 4 is 22.1 Å². The Labute approximate surface area is 116 Å². The first-order chi connectivity index (χ1) is 8.81. The molecular formula is C14H17BrN2O. The first-order valence-electron chi connectivity index (χ1n) is 6.48. The van der Waals surface area contributed by atoms with Crippen LogP contribution in [0.1, 0.15) is 18.4 Å². The molecule has 3 fully saturated rings. The zero-order chi connectivity index (χ0) is 12.4. The fourth-order valence-electron chi connectivity index (χ4n) is 2.79. The first kappa shape index (κ1) is 12.2. The highest BCUT2D eigenvalue weighted by Gasteiger charge is 2.35. The normalized spacial score (nSPS) is 30.8. The second-order valence-electron chi connectivity index (χ2n) is 5.07. The summed E-state index contributed by atoms with van der Waals surface area (Å²) < 4.78 is 1.06. The van der Waals surface area contributed by atoms with Gasteiger partial charge in [0.2, 0.25) is 0 Å². The number of nitrogens with zero attached hydrogens (tertiary/aromatic N) is 2. The molecule has 0 spiro atoms. The molecule has 3 heterocycles. The van der Waals surface area contributed by atoms with Gasteiger partial charge in [-0.3, -0.25) is 4.90 Å². The molecule has 2 bridgehead atoms. The molecule has 3 aliphatic heterocycles. The predicted molar refractivity (Wildman–Crippen MR) is 75.8 cm³/mol. The maximum atomic E-state index is 5.67. The van der Waals surface area contributed by atoms with Gasteiger partial charge in [0.25, 0.3) is 0 Å². The molecule has 1 aromatic rings. The summed E-state index contributed by atoms with van der Waals surface area (Å²) in [4.78, 5) is 8.14. The minimum absolute atomic E-state index is 0.288. The standard InChI is InChI=1S/C14H17BrN2O/c15-13-3-1-2-11(8-13)9-16-18-14-10-17-6-4-12(14)5-7-17/h1-3,8-9,12,14H,4-7,10H2/b16-9+. The van der Waals surface area contributed by atoms with Crippen molar-refractivity contribution in [1.29, 1.82) is 0 Å². The van der Waals surface area contributed by atoms with Crippen molar-refractivity contribution in [2.45, 2.75) is 18.9 Å². The molecule has 1 atom stereocenters. The van der Waals surface area contributed by atoms with Crippen molar-refractivity contribution in [2.24, 2.45) is 11.1 Å². The molecule has 1 aromatic carbocycles. The van der Waals surface area contributed by atoms with Crippen LogP contribution < -0.4 is 0 Å². The van der Waals surface area contributed by atoms with E-state index in [4.69, 9.17) is 4.84 Å². The number of oxime groups is 1. The molecule has 4 rings (SSSR count). The van der Waals surface area contributed by atoms with Gasteiger partial charge in [0.1, 0.15) is 6.10 Å². The summed E-state index contributed by atoms with van der Waals surface area (Å²) in [6.45, 7) is 3.51. The monoisotopic (exact) mass is 308 g/mol. The van der Waals surface area contributed by atoms with Gasteiger partial charge in [0, 0.05) is 16.9 Å². The Morgan fingerprint density at radius 1 is 1.33 bits per heavy atom. The summed E-state index contributed by atoms with van der Waals surface area (Å²) in [5.74, 6) is 0.703. The second kappa shape index (κ2) is 5.41. The van der Waals surface area contributed by atoms with Crippen molar-refractivity contribution in [3.05, 3.63) is 34.3 Å². The molecule has 3 nitrogen and oxygen atoms in total. The third-order valence-electron chi connectivity index (χ3n) is 3.84. The SMILES string of the molecule is Brc1cccc(/C=N/OC2CN3CCC2CC3)c1. The van der Waals surface area contributed by atoms with Gasteiger partial charge in [-0.2, -0.15) is 0 Å². The van der Waals surface area contributed by atoms with Crippen molar-refractivity contribution in [3.63, 3.8) is 0 Å². The highest BCUT2D eigenvalue weighted by Crippen LogP contribution is 2.29. The van der Waals surface area contributed by atoms with Crippen LogP contribution in [0.3, 0.4) is 0 Å². The smallest absolute Gasteiger partial charge is 0.143 e. The van der Waals surface area contributed by atoms with Gasteiger partial charge in [0.15, 0.2) is 0 Å². The van der Waals surface area contributed by atoms with E-state index in [0.29, 0.717) is 5.92 Å². The van der Waals surface area contributed by atoms with E-state index in [1.54, 1.807) is 6.21 Å². The number of benzene rings is 1. The molecular weight excluding hydrogens is 292 g/mol. The molecule has 0 aliphatic carbocycles. The lowest BCUT2D eigenvalue weighted by Crippen LogP contribution is -2.50. The highest BCUT2D eigenvalue weighted by atomic mass is 79.9. The molecule has 4 heteroatoms. The zero-order valence-electron chi connectivity index (χ0n) is 10.3. The molecule has 0 aromatic heterocycles. The Bertz CT molecular complexity index is 441. The topological polar surface area (TPSA) is 24.8 Å². The predicted octanol–water partition coefficient (Wildman–Crippen LogP) is 2.89. The number of rotatable bonds is 3. The number of fused-ring (bicyclic) bond motifs is 3. The van der Waals surface area contributed by atoms with E-state index in [2.05, 4.69) is 26.0 Å². The van der Waals surface area contributed by atoms with Crippen molar-refractivity contribution < 1.29 is 4.84 Å². The van der Waals surface area contributed by atoms with Crippen LogP contribution >= 0.6 is 15.9 Å². The van der Waals surface area contributed by atoms with Gasteiger partial charge in [-0.25, -0.2) is 0 Å². The average molecular weight is 309 g/mol. The van der Waals surface area contributed by atoms with Crippen LogP contribution in [0.4, 0.5) is 0 Å². The number of halogens is 1. The van der Waals surface area contributed by atoms with E-state index in [-0.39, 0.29) is 6.10 Å². The van der Waals surface area contributed by atoms with Gasteiger partial charge < -0.3 is 4.84 Å². The van der Waals surface area contributed by atoms with Gasteiger partial charge >= 0.3 is 0 Å². The molecule has 3 saturated heterocycles. The number of hydrogen-bond donors (Lipinski definition) is 0. The third kappa shape index (κ3) is 2.75. The highest BCUT2D eigenvalue weighted by molar-refractivity contribution is 9.10. The summed E-state index contributed by atoms with van der Waals surface area (Å²) in [6, 6.07) is 8.06. The minimum atomic E-state index is 0.288. The van der Waals surface area contributed by atoms with E-state index in [9.17, 15) is 0 Å². The number of piperidine rings is 3. The Balaban J connectivity index is 1.58. The Hall–Kier alpha value is -0.870. The first-order valence-corrected chi connectivity index (χ1v) is 7.28. The molecule has 0 N–H and O–H groups in total. The Kier molecular flexibility index (Phi) is 3.66. The van der Waals surface area contributed by atoms with Gasteiger partial charge in [-0.15, -0.1) is 0 Å². The molecule has 0 amide bonds. The third-order valence-corrected chi connectivity index (χ3v) is 4.34. The van der Waals surface area contributed by atoms with Crippen LogP contribution in [0.2, 0.25) is 0 Å². The summed E-state index contributed by atoms with van der Waals surface area (Å²) in [5.41, 5.74) is 1.06. The summed E-state index contributed by atoms with van der Waals surface area (Å²) in [5, 5.41) is 4.15. The van der Waals surface area contributed by atoms with Crippen LogP contribution in [0, 0.1) is 5.92 Å². The van der Waals surface area contributed by atoms with E-state index in [0.717, 1.165) is 16.6 Å². The van der Waals surface area contributed by atoms with Crippen molar-refractivity contribution in [1.82, 2.24) is 4.90 Å². The Morgan fingerprint density at radius 2 is 2.17 bits per heavy atom. The average Bonchev–Trinajstić information content (AvgIpc) is 2.40. The molecule has 96 valence electrons. The van der Waals surface area contributed by atoms with E-state index >= 15 is 0 Å². The van der Waals surface area contributed by atoms with Crippen molar-refractivity contribution in [2.75, 3.05) is 19.6 Å². The van der Waals surface area contributed by atoms with Crippen LogP contribution in [0.25, 0.3) is 0 Å². The molecule has 1 unspecified atom stereocenters. The second-order valence-corrected chi connectivity index (χ2v) is 5.99. The zero-order valence-corrected chi connectivity index (χ0v) is 11.8. The van der Waals surface area contributed by atoms with Crippen molar-refractivity contribution in [3.8, 4) is 0 Å². The van der Waals surface area contributed by atoms with Crippen LogP contribution in [-0.4, -0.2) is 36.9 Å². The lowest BCUT2D eigenvalue weighted by Gasteiger charge is -2.42. The van der Waals surface area contributed by atoms with Gasteiger partial charge in [-0.1, -0.05) is 33.2 Å². The van der Waals surface area contributed by atoms with E-state index in [1.165, 1.54) is 25.9 Å². The Morgan fingerprint density at radius 3 is 2.83 bits per heavy atom. The molecule has 0 saturated carbocycles. The number of hydrogen-bond acceptors (Lipinski definition) is 3. The maximum absolute atomic E-state index is 5.67. The van der Waals surface area contributed by atoms with Crippen LogP contribution in [0.15, 0.2) is 33.9 Å². The lowest BCUT2D eigenvalue weighted by molar-refractivity contribution is -0.0675. The summed E-state index contributed by atoms with van der Waals surface area (Å²) in [6.07, 6.45) is 4.60.